The van der Waals surface area contributed by atoms with Crippen molar-refractivity contribution in [3.05, 3.63) is 29.7 Å². The van der Waals surface area contributed by atoms with E-state index in [1.807, 2.05) is 12.4 Å². The van der Waals surface area contributed by atoms with Gasteiger partial charge in [0.15, 0.2) is 0 Å². The minimum atomic E-state index is 0. The molecule has 6 heteroatoms. The third-order valence-corrected chi connectivity index (χ3v) is 4.78. The number of piperidine rings is 1. The third-order valence-electron chi connectivity index (χ3n) is 4.78. The van der Waals surface area contributed by atoms with Crippen LogP contribution >= 0.6 is 0 Å². The summed E-state index contributed by atoms with van der Waals surface area (Å²) in [6.07, 6.45) is 10.2. The van der Waals surface area contributed by atoms with E-state index in [1.54, 1.807) is 7.11 Å². The van der Waals surface area contributed by atoms with E-state index in [1.165, 1.54) is 37.8 Å². The van der Waals surface area contributed by atoms with E-state index >= 15 is 0 Å². The van der Waals surface area contributed by atoms with Crippen molar-refractivity contribution in [3.8, 4) is 0 Å². The predicted molar refractivity (Wildman–Crippen MR) is 97.0 cm³/mol. The van der Waals surface area contributed by atoms with Gasteiger partial charge in [0.05, 0.1) is 12.3 Å². The predicted octanol–water partition coefficient (Wildman–Crippen LogP) is 3.81. The molecule has 3 heterocycles. The van der Waals surface area contributed by atoms with Crippen molar-refractivity contribution < 1.29 is 6.16 Å². The van der Waals surface area contributed by atoms with Crippen molar-refractivity contribution in [2.45, 2.75) is 44.6 Å². The van der Waals surface area contributed by atoms with Crippen LogP contribution in [-0.4, -0.2) is 35.2 Å². The normalized spacial score (nSPS) is 18.0. The minimum Gasteiger partial charge on any atom is -0.380 e. The van der Waals surface area contributed by atoms with Crippen LogP contribution in [0.25, 0.3) is 0 Å². The van der Waals surface area contributed by atoms with Gasteiger partial charge in [0.1, 0.15) is 5.82 Å². The second-order valence-electron chi connectivity index (χ2n) is 6.77. The van der Waals surface area contributed by atoms with Gasteiger partial charge >= 0.3 is 0 Å². The molecule has 2 aromatic rings. The highest BCUT2D eigenvalue weighted by molar-refractivity contribution is 5.61. The molecule has 0 spiro atoms. The monoisotopic (exact) mass is 329 g/mol. The summed E-state index contributed by atoms with van der Waals surface area (Å²) in [4.78, 5) is 15.0. The molecule has 1 saturated carbocycles. The highest BCUT2D eigenvalue weighted by Crippen LogP contribution is 2.40. The summed E-state index contributed by atoms with van der Waals surface area (Å²) >= 11 is 0. The maximum absolute atomic E-state index is 5.30. The zero-order valence-corrected chi connectivity index (χ0v) is 14.2. The maximum Gasteiger partial charge on any atom is 0.227 e. The summed E-state index contributed by atoms with van der Waals surface area (Å²) in [5.74, 6) is 2.37. The summed E-state index contributed by atoms with van der Waals surface area (Å²) in [6, 6.07) is 2.19. The highest BCUT2D eigenvalue weighted by Gasteiger charge is 2.25. The van der Waals surface area contributed by atoms with Crippen LogP contribution in [0.15, 0.2) is 18.5 Å². The number of methoxy groups -OCH3 is 1. The lowest BCUT2D eigenvalue weighted by Gasteiger charge is -2.27. The number of nitrogens with zero attached hydrogens (tertiary/aromatic N) is 3. The molecule has 0 bridgehead atoms. The molecule has 2 N–H and O–H groups in total. The number of H-pyrrole nitrogens is 1. The van der Waals surface area contributed by atoms with E-state index in [0.717, 1.165) is 36.1 Å². The first kappa shape index (κ1) is 15.4. The Bertz CT molecular complexity index is 695. The Balaban J connectivity index is 0.00000182. The first-order valence-corrected chi connectivity index (χ1v) is 8.88. The number of nitrogens with one attached hydrogen (secondary N) is 2. The Hall–Kier alpha value is -2.08. The van der Waals surface area contributed by atoms with Gasteiger partial charge in [0.2, 0.25) is 5.95 Å². The van der Waals surface area contributed by atoms with Crippen LogP contribution in [0.5, 0.6) is 0 Å². The lowest BCUT2D eigenvalue weighted by molar-refractivity contribution is 0.185. The van der Waals surface area contributed by atoms with E-state index in [2.05, 4.69) is 26.3 Å². The maximum atomic E-state index is 5.30. The van der Waals surface area contributed by atoms with Gasteiger partial charge < -0.3 is 19.9 Å². The number of rotatable bonds is 6. The average Bonchev–Trinajstić information content (AvgIpc) is 3.37. The Labute approximate surface area is 144 Å². The standard InChI is InChI=1S/C18H25N5O.H2/c1-24-12-14-10-20-18(23-7-3-2-4-8-23)22-17(14)21-15-9-16(19-11-15)13-5-6-13;/h9-11,13,19H,2-8,12H2,1H3,(H,20,21,22);1H. The summed E-state index contributed by atoms with van der Waals surface area (Å²) in [5.41, 5.74) is 3.35. The smallest absolute Gasteiger partial charge is 0.227 e. The van der Waals surface area contributed by atoms with Crippen LogP contribution in [0.3, 0.4) is 0 Å². The summed E-state index contributed by atoms with van der Waals surface area (Å²) in [7, 11) is 1.70. The van der Waals surface area contributed by atoms with Crippen LogP contribution in [-0.2, 0) is 11.3 Å². The fourth-order valence-corrected chi connectivity index (χ4v) is 3.26. The van der Waals surface area contributed by atoms with Gasteiger partial charge in [-0.2, -0.15) is 4.98 Å². The molecule has 1 saturated heterocycles. The van der Waals surface area contributed by atoms with E-state index in [0.29, 0.717) is 12.5 Å². The lowest BCUT2D eigenvalue weighted by Crippen LogP contribution is -2.31. The molecule has 0 radical (unpaired) electrons. The molecule has 0 aromatic carbocycles. The second-order valence-corrected chi connectivity index (χ2v) is 6.77. The van der Waals surface area contributed by atoms with Crippen molar-refractivity contribution >= 4 is 17.5 Å². The number of hydrogen-bond acceptors (Lipinski definition) is 5. The van der Waals surface area contributed by atoms with E-state index in [-0.39, 0.29) is 1.43 Å². The zero-order chi connectivity index (χ0) is 16.4. The van der Waals surface area contributed by atoms with E-state index < -0.39 is 0 Å². The SMILES string of the molecule is COCc1cnc(N2CCCCC2)nc1Nc1c[nH]c(C2CC2)c1.[HH]. The molecule has 0 atom stereocenters. The van der Waals surface area contributed by atoms with Crippen molar-refractivity contribution in [3.63, 3.8) is 0 Å². The summed E-state index contributed by atoms with van der Waals surface area (Å²) in [5, 5.41) is 3.45. The van der Waals surface area contributed by atoms with Gasteiger partial charge in [-0.1, -0.05) is 0 Å². The molecule has 0 amide bonds. The number of aromatic nitrogens is 3. The van der Waals surface area contributed by atoms with Gasteiger partial charge in [0, 0.05) is 45.3 Å². The van der Waals surface area contributed by atoms with E-state index in [9.17, 15) is 0 Å². The van der Waals surface area contributed by atoms with Crippen LogP contribution in [0.4, 0.5) is 17.5 Å². The number of aromatic amines is 1. The molecule has 4 rings (SSSR count). The van der Waals surface area contributed by atoms with Crippen LogP contribution in [0, 0.1) is 0 Å². The lowest BCUT2D eigenvalue weighted by atomic mass is 10.1. The fourth-order valence-electron chi connectivity index (χ4n) is 3.26. The molecule has 24 heavy (non-hydrogen) atoms. The zero-order valence-electron chi connectivity index (χ0n) is 14.2. The molecule has 6 nitrogen and oxygen atoms in total. The first-order chi connectivity index (χ1) is 11.8. The Morgan fingerprint density at radius 2 is 2.17 bits per heavy atom. The number of hydrogen-bond donors (Lipinski definition) is 2. The number of ether oxygens (including phenoxy) is 1. The van der Waals surface area contributed by atoms with Crippen molar-refractivity contribution in [2.24, 2.45) is 0 Å². The quantitative estimate of drug-likeness (QED) is 0.843. The van der Waals surface area contributed by atoms with Gasteiger partial charge in [-0.3, -0.25) is 0 Å². The van der Waals surface area contributed by atoms with Crippen LogP contribution in [0.1, 0.15) is 50.7 Å². The first-order valence-electron chi connectivity index (χ1n) is 8.88. The molecule has 2 fully saturated rings. The molecule has 130 valence electrons. The second kappa shape index (κ2) is 6.81. The molecule has 2 aromatic heterocycles. The van der Waals surface area contributed by atoms with Gasteiger partial charge in [-0.05, 0) is 44.1 Å². The topological polar surface area (TPSA) is 66.1 Å². The minimum absolute atomic E-state index is 0. The van der Waals surface area contributed by atoms with Crippen LogP contribution in [0.2, 0.25) is 0 Å². The molecular weight excluding hydrogens is 302 g/mol. The van der Waals surface area contributed by atoms with Crippen molar-refractivity contribution in [1.29, 1.82) is 0 Å². The highest BCUT2D eigenvalue weighted by atomic mass is 16.5. The Kier molecular flexibility index (Phi) is 4.38. The fraction of sp³-hybridized carbons (Fsp3) is 0.556. The summed E-state index contributed by atoms with van der Waals surface area (Å²) < 4.78 is 5.30. The molecular formula is C18H27N5O. The molecule has 0 unspecified atom stereocenters. The van der Waals surface area contributed by atoms with E-state index in [4.69, 9.17) is 9.72 Å². The molecule has 1 aliphatic carbocycles. The largest absolute Gasteiger partial charge is 0.380 e. The van der Waals surface area contributed by atoms with Crippen molar-refractivity contribution in [1.82, 2.24) is 15.0 Å². The van der Waals surface area contributed by atoms with Gasteiger partial charge in [-0.25, -0.2) is 4.98 Å². The van der Waals surface area contributed by atoms with Gasteiger partial charge in [-0.15, -0.1) is 0 Å². The third kappa shape index (κ3) is 3.38. The van der Waals surface area contributed by atoms with Crippen molar-refractivity contribution in [2.75, 3.05) is 30.4 Å². The van der Waals surface area contributed by atoms with Crippen LogP contribution < -0.4 is 10.2 Å². The molecule has 1 aliphatic heterocycles. The Morgan fingerprint density at radius 1 is 1.33 bits per heavy atom. The summed E-state index contributed by atoms with van der Waals surface area (Å²) in [6.45, 7) is 2.58. The molecule has 2 aliphatic rings. The average molecular weight is 329 g/mol. The van der Waals surface area contributed by atoms with Gasteiger partial charge in [0.25, 0.3) is 0 Å². The Morgan fingerprint density at radius 3 is 2.92 bits per heavy atom. The number of anilines is 3.